The van der Waals surface area contributed by atoms with Crippen molar-refractivity contribution in [2.24, 2.45) is 0 Å². The number of ether oxygens (including phenoxy) is 2. The normalized spacial score (nSPS) is 11.3. The van der Waals surface area contributed by atoms with Gasteiger partial charge in [-0.05, 0) is 65.8 Å². The van der Waals surface area contributed by atoms with Gasteiger partial charge in [0.05, 0.1) is 0 Å². The Balaban J connectivity index is 0.000000186. The summed E-state index contributed by atoms with van der Waals surface area (Å²) in [5.74, 6) is 4.69. The number of rotatable bonds is 7. The maximum atomic E-state index is 5.93. The lowest BCUT2D eigenvalue weighted by molar-refractivity contribution is 0.470. The quantitative estimate of drug-likeness (QED) is 0.286. The van der Waals surface area contributed by atoms with Crippen molar-refractivity contribution in [1.82, 2.24) is 0 Å². The summed E-state index contributed by atoms with van der Waals surface area (Å²) in [5, 5.41) is 0. The summed E-state index contributed by atoms with van der Waals surface area (Å²) in [6.45, 7) is 8.78. The van der Waals surface area contributed by atoms with Gasteiger partial charge in [-0.15, -0.1) is 0 Å². The number of benzene rings is 4. The molecule has 4 rings (SSSR count). The fourth-order valence-corrected chi connectivity index (χ4v) is 3.48. The van der Waals surface area contributed by atoms with E-state index in [0.29, 0.717) is 11.8 Å². The minimum absolute atomic E-state index is 0.472. The van der Waals surface area contributed by atoms with Gasteiger partial charge in [-0.2, -0.15) is 0 Å². The zero-order chi connectivity index (χ0) is 23.5. The zero-order valence-electron chi connectivity index (χ0n) is 20.1. The van der Waals surface area contributed by atoms with Gasteiger partial charge in [-0.25, -0.2) is 0 Å². The van der Waals surface area contributed by atoms with Crippen molar-refractivity contribution in [3.8, 4) is 23.0 Å². The van der Waals surface area contributed by atoms with E-state index in [1.54, 1.807) is 0 Å². The van der Waals surface area contributed by atoms with Crippen LogP contribution in [0.15, 0.2) is 109 Å². The highest BCUT2D eigenvalue weighted by Crippen LogP contribution is 2.32. The summed E-state index contributed by atoms with van der Waals surface area (Å²) in [5.41, 5.74) is 2.52. The predicted molar refractivity (Wildman–Crippen MR) is 139 cm³/mol. The summed E-state index contributed by atoms with van der Waals surface area (Å²) in [7, 11) is 0. The maximum absolute atomic E-state index is 5.93. The second-order valence-electron chi connectivity index (χ2n) is 8.37. The summed E-state index contributed by atoms with van der Waals surface area (Å²) in [4.78, 5) is 0. The zero-order valence-corrected chi connectivity index (χ0v) is 20.1. The van der Waals surface area contributed by atoms with E-state index in [4.69, 9.17) is 9.47 Å². The lowest BCUT2D eigenvalue weighted by Crippen LogP contribution is -1.95. The molecule has 0 aliphatic carbocycles. The second kappa shape index (κ2) is 12.5. The van der Waals surface area contributed by atoms with E-state index >= 15 is 0 Å². The molecule has 33 heavy (non-hydrogen) atoms. The molecule has 0 amide bonds. The molecule has 0 saturated carbocycles. The van der Waals surface area contributed by atoms with Crippen LogP contribution in [0.4, 0.5) is 0 Å². The van der Waals surface area contributed by atoms with Crippen molar-refractivity contribution in [1.29, 1.82) is 0 Å². The Hall–Kier alpha value is -3.52. The van der Waals surface area contributed by atoms with E-state index in [1.807, 2.05) is 91.0 Å². The first-order valence-electron chi connectivity index (χ1n) is 11.7. The highest BCUT2D eigenvalue weighted by atomic mass is 16.5. The van der Waals surface area contributed by atoms with Gasteiger partial charge in [0.15, 0.2) is 0 Å². The topological polar surface area (TPSA) is 18.5 Å². The molecule has 170 valence electrons. The molecule has 0 spiro atoms. The van der Waals surface area contributed by atoms with Crippen molar-refractivity contribution in [2.75, 3.05) is 0 Å². The summed E-state index contributed by atoms with van der Waals surface area (Å²) in [6.07, 6.45) is 1.12. The Bertz CT molecular complexity index is 1090. The summed E-state index contributed by atoms with van der Waals surface area (Å²) >= 11 is 0. The first-order chi connectivity index (χ1) is 16.1. The van der Waals surface area contributed by atoms with Crippen LogP contribution in [-0.2, 0) is 0 Å². The number of hydrogen-bond donors (Lipinski definition) is 0. The molecule has 2 nitrogen and oxygen atoms in total. The first-order valence-corrected chi connectivity index (χ1v) is 11.7. The molecule has 0 aliphatic heterocycles. The van der Waals surface area contributed by atoms with Crippen LogP contribution < -0.4 is 9.47 Å². The van der Waals surface area contributed by atoms with Crippen LogP contribution in [-0.4, -0.2) is 0 Å². The third-order valence-corrected chi connectivity index (χ3v) is 5.55. The highest BCUT2D eigenvalue weighted by molar-refractivity contribution is 5.40. The average molecular weight is 439 g/mol. The van der Waals surface area contributed by atoms with Gasteiger partial charge < -0.3 is 9.47 Å². The minimum Gasteiger partial charge on any atom is -0.457 e. The number of hydrogen-bond acceptors (Lipinski definition) is 2. The van der Waals surface area contributed by atoms with E-state index in [-0.39, 0.29) is 0 Å². The molecule has 0 N–H and O–H groups in total. The van der Waals surface area contributed by atoms with Crippen LogP contribution in [0.25, 0.3) is 0 Å². The fourth-order valence-electron chi connectivity index (χ4n) is 3.48. The molecular formula is C31H34O2. The summed E-state index contributed by atoms with van der Waals surface area (Å²) in [6, 6.07) is 36.3. The average Bonchev–Trinajstić information content (AvgIpc) is 2.86. The summed E-state index contributed by atoms with van der Waals surface area (Å²) < 4.78 is 11.8. The van der Waals surface area contributed by atoms with Crippen LogP contribution in [0.2, 0.25) is 0 Å². The number of para-hydroxylation sites is 4. The molecule has 0 fully saturated rings. The van der Waals surface area contributed by atoms with E-state index in [2.05, 4.69) is 45.9 Å². The van der Waals surface area contributed by atoms with Gasteiger partial charge in [0, 0.05) is 0 Å². The molecule has 0 heterocycles. The van der Waals surface area contributed by atoms with Crippen molar-refractivity contribution in [3.63, 3.8) is 0 Å². The van der Waals surface area contributed by atoms with Gasteiger partial charge in [0.25, 0.3) is 0 Å². The molecule has 4 aromatic carbocycles. The Morgan fingerprint density at radius 3 is 1.36 bits per heavy atom. The smallest absolute Gasteiger partial charge is 0.130 e. The van der Waals surface area contributed by atoms with Gasteiger partial charge in [-0.1, -0.05) is 100 Å². The Labute approximate surface area is 198 Å². The molecule has 0 aromatic heterocycles. The maximum Gasteiger partial charge on any atom is 0.130 e. The van der Waals surface area contributed by atoms with Crippen LogP contribution in [0.1, 0.15) is 57.1 Å². The molecule has 0 aliphatic rings. The highest BCUT2D eigenvalue weighted by Gasteiger charge is 2.10. The Kier molecular flexibility index (Phi) is 9.14. The van der Waals surface area contributed by atoms with E-state index in [1.165, 1.54) is 11.1 Å². The molecule has 0 saturated heterocycles. The van der Waals surface area contributed by atoms with Gasteiger partial charge in [0.2, 0.25) is 0 Å². The Morgan fingerprint density at radius 2 is 0.909 bits per heavy atom. The standard InChI is InChI=1S/C16H18O.C15H16O/c1-3-13(2)15-11-7-8-12-16(15)17-14-9-5-4-6-10-14;1-12(2)14-10-6-7-11-15(14)16-13-8-4-3-5-9-13/h4-13H,3H2,1-2H3;3-12H,1-2H3. The molecule has 2 heteroatoms. The van der Waals surface area contributed by atoms with Crippen molar-refractivity contribution >= 4 is 0 Å². The van der Waals surface area contributed by atoms with Crippen LogP contribution in [0.5, 0.6) is 23.0 Å². The van der Waals surface area contributed by atoms with Crippen LogP contribution in [0.3, 0.4) is 0 Å². The molecular weight excluding hydrogens is 404 g/mol. The van der Waals surface area contributed by atoms with Crippen LogP contribution in [0, 0.1) is 0 Å². The molecule has 1 unspecified atom stereocenters. The third kappa shape index (κ3) is 7.25. The van der Waals surface area contributed by atoms with E-state index < -0.39 is 0 Å². The largest absolute Gasteiger partial charge is 0.457 e. The molecule has 0 radical (unpaired) electrons. The van der Waals surface area contributed by atoms with E-state index in [0.717, 1.165) is 29.4 Å². The van der Waals surface area contributed by atoms with Crippen molar-refractivity contribution in [2.45, 2.75) is 46.0 Å². The monoisotopic (exact) mass is 438 g/mol. The first kappa shape index (κ1) is 24.1. The molecule has 0 bridgehead atoms. The SMILES string of the molecule is CC(C)c1ccccc1Oc1ccccc1.CCC(C)c1ccccc1Oc1ccccc1. The van der Waals surface area contributed by atoms with Gasteiger partial charge in [-0.3, -0.25) is 0 Å². The second-order valence-corrected chi connectivity index (χ2v) is 8.37. The minimum atomic E-state index is 0.472. The Morgan fingerprint density at radius 1 is 0.515 bits per heavy atom. The van der Waals surface area contributed by atoms with Crippen molar-refractivity contribution < 1.29 is 9.47 Å². The lowest BCUT2D eigenvalue weighted by Gasteiger charge is -2.15. The van der Waals surface area contributed by atoms with Gasteiger partial charge >= 0.3 is 0 Å². The fraction of sp³-hybridized carbons (Fsp3) is 0.226. The van der Waals surface area contributed by atoms with Crippen molar-refractivity contribution in [3.05, 3.63) is 120 Å². The van der Waals surface area contributed by atoms with Crippen LogP contribution >= 0.6 is 0 Å². The lowest BCUT2D eigenvalue weighted by atomic mass is 9.98. The third-order valence-electron chi connectivity index (χ3n) is 5.55. The van der Waals surface area contributed by atoms with Gasteiger partial charge in [0.1, 0.15) is 23.0 Å². The molecule has 1 atom stereocenters. The predicted octanol–water partition coefficient (Wildman–Crippen LogP) is 9.59. The molecule has 4 aromatic rings. The van der Waals surface area contributed by atoms with E-state index in [9.17, 15) is 0 Å².